The third kappa shape index (κ3) is 4.92. The highest BCUT2D eigenvalue weighted by atomic mass is 32.2. The molecule has 1 saturated heterocycles. The molecule has 4 rings (SSSR count). The second-order valence-corrected chi connectivity index (χ2v) is 7.71. The van der Waals surface area contributed by atoms with Gasteiger partial charge in [0.15, 0.2) is 5.17 Å². The number of methoxy groups -OCH3 is 1. The Bertz CT molecular complexity index is 1190. The van der Waals surface area contributed by atoms with E-state index in [9.17, 15) is 9.59 Å². The Morgan fingerprint density at radius 1 is 1.09 bits per heavy atom. The molecule has 1 fully saturated rings. The molecule has 2 aromatic carbocycles. The topological polar surface area (TPSA) is 90.1 Å². The first-order valence-electron chi connectivity index (χ1n) is 9.87. The van der Waals surface area contributed by atoms with E-state index in [1.165, 1.54) is 18.9 Å². The van der Waals surface area contributed by atoms with Crippen molar-refractivity contribution in [2.75, 3.05) is 13.7 Å². The lowest BCUT2D eigenvalue weighted by molar-refractivity contribution is -0.115. The number of ether oxygens (including phenoxy) is 2. The van der Waals surface area contributed by atoms with Crippen molar-refractivity contribution < 1.29 is 23.5 Å². The minimum atomic E-state index is -0.395. The Kier molecular flexibility index (Phi) is 6.42. The number of thioether (sulfide) groups is 1. The van der Waals surface area contributed by atoms with E-state index < -0.39 is 5.97 Å². The highest BCUT2D eigenvalue weighted by Crippen LogP contribution is 2.30. The molecule has 0 spiro atoms. The van der Waals surface area contributed by atoms with Crippen molar-refractivity contribution >= 4 is 40.6 Å². The lowest BCUT2D eigenvalue weighted by Crippen LogP contribution is -2.19. The molecule has 0 saturated carbocycles. The van der Waals surface area contributed by atoms with Crippen LogP contribution in [0, 0.1) is 0 Å². The first-order chi connectivity index (χ1) is 15.6. The van der Waals surface area contributed by atoms with Crippen molar-refractivity contribution in [2.45, 2.75) is 6.92 Å². The van der Waals surface area contributed by atoms with Crippen molar-refractivity contribution in [2.24, 2.45) is 4.99 Å². The number of esters is 1. The molecule has 0 unspecified atom stereocenters. The number of amidine groups is 1. The van der Waals surface area contributed by atoms with Crippen LogP contribution in [0.1, 0.15) is 23.0 Å². The fourth-order valence-electron chi connectivity index (χ4n) is 2.98. The molecule has 1 aliphatic rings. The van der Waals surface area contributed by atoms with E-state index in [0.29, 0.717) is 39.5 Å². The highest BCUT2D eigenvalue weighted by molar-refractivity contribution is 8.18. The van der Waals surface area contributed by atoms with Crippen molar-refractivity contribution in [3.05, 3.63) is 76.9 Å². The summed E-state index contributed by atoms with van der Waals surface area (Å²) in [5.41, 5.74) is 1.99. The van der Waals surface area contributed by atoms with E-state index in [1.807, 2.05) is 37.3 Å². The molecule has 0 radical (unpaired) electrons. The number of aliphatic imine (C=N–C) groups is 1. The van der Waals surface area contributed by atoms with Gasteiger partial charge in [0.05, 0.1) is 29.9 Å². The van der Waals surface area contributed by atoms with Crippen LogP contribution in [0.4, 0.5) is 5.69 Å². The quantitative estimate of drug-likeness (QED) is 0.420. The van der Waals surface area contributed by atoms with E-state index in [1.54, 1.807) is 36.4 Å². The summed E-state index contributed by atoms with van der Waals surface area (Å²) in [5, 5.41) is 3.26. The summed E-state index contributed by atoms with van der Waals surface area (Å²) in [6.07, 6.45) is 1.67. The van der Waals surface area contributed by atoms with E-state index in [4.69, 9.17) is 13.9 Å². The molecule has 1 N–H and O–H groups in total. The second-order valence-electron chi connectivity index (χ2n) is 6.68. The number of rotatable bonds is 6. The number of carbonyl (C=O) groups is 2. The van der Waals surface area contributed by atoms with Gasteiger partial charge < -0.3 is 19.2 Å². The van der Waals surface area contributed by atoms with Crippen LogP contribution >= 0.6 is 11.8 Å². The van der Waals surface area contributed by atoms with Crippen LogP contribution in [0.15, 0.2) is 75.0 Å². The Morgan fingerprint density at radius 3 is 2.53 bits per heavy atom. The van der Waals surface area contributed by atoms with Crippen LogP contribution in [0.5, 0.6) is 5.75 Å². The Morgan fingerprint density at radius 2 is 1.84 bits per heavy atom. The number of carbonyl (C=O) groups excluding carboxylic acids is 2. The molecule has 1 aliphatic heterocycles. The Labute approximate surface area is 189 Å². The monoisotopic (exact) mass is 448 g/mol. The van der Waals surface area contributed by atoms with Gasteiger partial charge in [-0.25, -0.2) is 9.79 Å². The third-order valence-electron chi connectivity index (χ3n) is 4.52. The summed E-state index contributed by atoms with van der Waals surface area (Å²) < 4.78 is 16.0. The minimum absolute atomic E-state index is 0.236. The predicted octanol–water partition coefficient (Wildman–Crippen LogP) is 5.02. The van der Waals surface area contributed by atoms with E-state index in [2.05, 4.69) is 10.3 Å². The molecule has 0 atom stereocenters. The number of benzene rings is 2. The Balaban J connectivity index is 1.47. The second kappa shape index (κ2) is 9.57. The van der Waals surface area contributed by atoms with Crippen molar-refractivity contribution in [1.82, 2.24) is 5.32 Å². The third-order valence-corrected chi connectivity index (χ3v) is 5.43. The van der Waals surface area contributed by atoms with Crippen molar-refractivity contribution in [3.8, 4) is 17.1 Å². The van der Waals surface area contributed by atoms with Gasteiger partial charge in [0.25, 0.3) is 5.91 Å². The maximum atomic E-state index is 12.3. The summed E-state index contributed by atoms with van der Waals surface area (Å²) in [7, 11) is 1.34. The summed E-state index contributed by atoms with van der Waals surface area (Å²) in [6, 6.07) is 17.8. The lowest BCUT2D eigenvalue weighted by atomic mass is 10.1. The molecule has 0 aliphatic carbocycles. The normalized spacial score (nSPS) is 15.8. The van der Waals surface area contributed by atoms with E-state index in [-0.39, 0.29) is 5.91 Å². The highest BCUT2D eigenvalue weighted by Gasteiger charge is 2.24. The molecule has 1 amide bonds. The van der Waals surface area contributed by atoms with Gasteiger partial charge in [-0.15, -0.1) is 0 Å². The van der Waals surface area contributed by atoms with Crippen LogP contribution in [-0.2, 0) is 9.53 Å². The fraction of sp³-hybridized carbons (Fsp3) is 0.125. The lowest BCUT2D eigenvalue weighted by Gasteiger charge is -2.02. The Hall–Kier alpha value is -3.78. The molecule has 162 valence electrons. The van der Waals surface area contributed by atoms with Crippen LogP contribution in [0.25, 0.3) is 17.4 Å². The van der Waals surface area contributed by atoms with Gasteiger partial charge in [-0.1, -0.05) is 12.1 Å². The number of nitrogens with zero attached hydrogens (tertiary/aromatic N) is 1. The molecule has 7 nitrogen and oxygen atoms in total. The average molecular weight is 449 g/mol. The van der Waals surface area contributed by atoms with Gasteiger partial charge in [0, 0.05) is 11.6 Å². The van der Waals surface area contributed by atoms with Crippen LogP contribution in [0.3, 0.4) is 0 Å². The van der Waals surface area contributed by atoms with Gasteiger partial charge in [-0.05, 0) is 67.2 Å². The molecule has 8 heteroatoms. The van der Waals surface area contributed by atoms with Gasteiger partial charge in [0.1, 0.15) is 17.3 Å². The average Bonchev–Trinajstić information content (AvgIpc) is 3.41. The largest absolute Gasteiger partial charge is 0.494 e. The summed E-state index contributed by atoms with van der Waals surface area (Å²) >= 11 is 1.24. The first-order valence-corrected chi connectivity index (χ1v) is 10.7. The smallest absolute Gasteiger partial charge is 0.337 e. The van der Waals surface area contributed by atoms with Gasteiger partial charge >= 0.3 is 5.97 Å². The van der Waals surface area contributed by atoms with Gasteiger partial charge in [0.2, 0.25) is 0 Å². The minimum Gasteiger partial charge on any atom is -0.494 e. The maximum absolute atomic E-state index is 12.3. The molecule has 1 aromatic heterocycles. The number of nitrogens with one attached hydrogen (secondary N) is 1. The number of furan rings is 1. The zero-order chi connectivity index (χ0) is 22.5. The van der Waals surface area contributed by atoms with Crippen LogP contribution in [0.2, 0.25) is 0 Å². The standard InChI is InChI=1S/C24H20N2O5S/c1-3-30-18-10-8-17(9-11-18)25-24-26-22(27)21(32-24)14-19-12-13-20(31-19)15-4-6-16(7-5-15)23(28)29-2/h4-14H,3H2,1-2H3,(H,25,26,27)/b21-14+. The van der Waals surface area contributed by atoms with Gasteiger partial charge in [-0.3, -0.25) is 4.79 Å². The zero-order valence-electron chi connectivity index (χ0n) is 17.5. The summed E-state index contributed by atoms with van der Waals surface area (Å²) in [4.78, 5) is 28.9. The predicted molar refractivity (Wildman–Crippen MR) is 124 cm³/mol. The molecule has 3 aromatic rings. The van der Waals surface area contributed by atoms with Crippen LogP contribution in [-0.4, -0.2) is 30.8 Å². The molecular formula is C24H20N2O5S. The number of hydrogen-bond donors (Lipinski definition) is 1. The van der Waals surface area contributed by atoms with E-state index in [0.717, 1.165) is 11.3 Å². The van der Waals surface area contributed by atoms with Gasteiger partial charge in [-0.2, -0.15) is 0 Å². The fourth-order valence-corrected chi connectivity index (χ4v) is 3.81. The SMILES string of the molecule is CCOc1ccc(N=C2NC(=O)/C(=C\c3ccc(-c4ccc(C(=O)OC)cc4)o3)S2)cc1. The number of amides is 1. The summed E-state index contributed by atoms with van der Waals surface area (Å²) in [6.45, 7) is 2.52. The van der Waals surface area contributed by atoms with E-state index >= 15 is 0 Å². The molecule has 0 bridgehead atoms. The van der Waals surface area contributed by atoms with Crippen LogP contribution < -0.4 is 10.1 Å². The summed E-state index contributed by atoms with van der Waals surface area (Å²) in [5.74, 6) is 1.30. The number of hydrogen-bond acceptors (Lipinski definition) is 7. The van der Waals surface area contributed by atoms with Crippen molar-refractivity contribution in [1.29, 1.82) is 0 Å². The zero-order valence-corrected chi connectivity index (χ0v) is 18.3. The van der Waals surface area contributed by atoms with Crippen molar-refractivity contribution in [3.63, 3.8) is 0 Å². The first kappa shape index (κ1) is 21.5. The maximum Gasteiger partial charge on any atom is 0.337 e. The molecule has 2 heterocycles. The molecular weight excluding hydrogens is 428 g/mol. The molecule has 32 heavy (non-hydrogen) atoms.